The lowest BCUT2D eigenvalue weighted by Crippen LogP contribution is -2.53. The van der Waals surface area contributed by atoms with Gasteiger partial charge < -0.3 is 16.2 Å². The van der Waals surface area contributed by atoms with Crippen LogP contribution in [0.25, 0.3) is 11.4 Å². The van der Waals surface area contributed by atoms with Gasteiger partial charge >= 0.3 is 11.9 Å². The Labute approximate surface area is 198 Å². The van der Waals surface area contributed by atoms with Crippen molar-refractivity contribution in [3.8, 4) is 11.4 Å². The van der Waals surface area contributed by atoms with Gasteiger partial charge in [0.15, 0.2) is 0 Å². The number of rotatable bonds is 9. The number of hydrogen-bond donors (Lipinski definition) is 3. The summed E-state index contributed by atoms with van der Waals surface area (Å²) in [5.41, 5.74) is 6.45. The summed E-state index contributed by atoms with van der Waals surface area (Å²) < 4.78 is 29.0. The van der Waals surface area contributed by atoms with Crippen molar-refractivity contribution >= 4 is 23.3 Å². The van der Waals surface area contributed by atoms with Crippen LogP contribution in [0.1, 0.15) is 11.1 Å². The Balaban J connectivity index is 1.94. The maximum Gasteiger partial charge on any atom is 0.401 e. The Morgan fingerprint density at radius 2 is 1.83 bits per heavy atom. The Morgan fingerprint density at radius 3 is 2.46 bits per heavy atom. The fraction of sp³-hybridized carbons (Fsp3) is 0.208. The third-order valence-electron chi connectivity index (χ3n) is 5.16. The summed E-state index contributed by atoms with van der Waals surface area (Å²) in [6.45, 7) is 1.12. The van der Waals surface area contributed by atoms with E-state index < -0.39 is 41.7 Å². The van der Waals surface area contributed by atoms with Gasteiger partial charge in [0.25, 0.3) is 5.56 Å². The summed E-state index contributed by atoms with van der Waals surface area (Å²) in [7, 11) is 0. The van der Waals surface area contributed by atoms with Crippen LogP contribution in [-0.2, 0) is 27.3 Å². The maximum absolute atomic E-state index is 14.0. The first-order chi connectivity index (χ1) is 16.5. The highest BCUT2D eigenvalue weighted by molar-refractivity contribution is 6.08. The van der Waals surface area contributed by atoms with Crippen LogP contribution in [0.2, 0.25) is 0 Å². The number of Topliss-reactive ketones (excluding diaryl/α,β-unsaturated/α-hetero) is 1. The molecule has 3 rings (SSSR count). The highest BCUT2D eigenvalue weighted by atomic mass is 19.3. The van der Waals surface area contributed by atoms with Crippen molar-refractivity contribution in [3.05, 3.63) is 82.3 Å². The normalized spacial score (nSPS) is 12.1. The van der Waals surface area contributed by atoms with Crippen molar-refractivity contribution in [2.24, 2.45) is 0 Å². The highest BCUT2D eigenvalue weighted by Crippen LogP contribution is 2.20. The lowest BCUT2D eigenvalue weighted by atomic mass is 9.98. The number of carboxylic acids is 1. The number of amides is 1. The molecule has 0 aliphatic carbocycles. The molecule has 4 N–H and O–H groups in total. The second-order valence-corrected chi connectivity index (χ2v) is 7.85. The predicted molar refractivity (Wildman–Crippen MR) is 123 cm³/mol. The lowest BCUT2D eigenvalue weighted by Gasteiger charge is -2.22. The summed E-state index contributed by atoms with van der Waals surface area (Å²) in [4.78, 5) is 53.0. The van der Waals surface area contributed by atoms with Crippen LogP contribution < -0.4 is 16.6 Å². The van der Waals surface area contributed by atoms with Gasteiger partial charge in [-0.2, -0.15) is 8.78 Å². The topological polar surface area (TPSA) is 144 Å². The van der Waals surface area contributed by atoms with Gasteiger partial charge in [0.2, 0.25) is 11.7 Å². The van der Waals surface area contributed by atoms with E-state index in [-0.39, 0.29) is 17.9 Å². The van der Waals surface area contributed by atoms with Gasteiger partial charge in [-0.3, -0.25) is 19.0 Å². The van der Waals surface area contributed by atoms with Crippen LogP contribution in [0.5, 0.6) is 0 Å². The van der Waals surface area contributed by atoms with Crippen molar-refractivity contribution in [1.29, 1.82) is 0 Å². The summed E-state index contributed by atoms with van der Waals surface area (Å²) >= 11 is 0. The van der Waals surface area contributed by atoms with E-state index in [1.807, 2.05) is 13.0 Å². The van der Waals surface area contributed by atoms with Crippen LogP contribution in [0.4, 0.5) is 14.5 Å². The average Bonchev–Trinajstić information content (AvgIpc) is 2.81. The molecule has 2 aromatic carbocycles. The molecule has 0 spiro atoms. The predicted octanol–water partition coefficient (Wildman–Crippen LogP) is 1.82. The third-order valence-corrected chi connectivity index (χ3v) is 5.16. The molecule has 0 fully saturated rings. The molecule has 1 heterocycles. The van der Waals surface area contributed by atoms with Gasteiger partial charge in [0, 0.05) is 12.0 Å². The molecule has 1 aromatic heterocycles. The lowest BCUT2D eigenvalue weighted by molar-refractivity contribution is -0.172. The van der Waals surface area contributed by atoms with Gasteiger partial charge in [-0.05, 0) is 18.6 Å². The molecule has 9 nitrogen and oxygen atoms in total. The monoisotopic (exact) mass is 484 g/mol. The number of carboxylic acid groups (broad SMARTS) is 1. The van der Waals surface area contributed by atoms with Crippen molar-refractivity contribution in [1.82, 2.24) is 14.9 Å². The van der Waals surface area contributed by atoms with Crippen LogP contribution in [0, 0.1) is 6.92 Å². The average molecular weight is 484 g/mol. The number of carbonyl (C=O) groups is 3. The molecule has 0 aliphatic rings. The zero-order valence-electron chi connectivity index (χ0n) is 18.6. The molecule has 1 atom stereocenters. The fourth-order valence-electron chi connectivity index (χ4n) is 3.44. The first-order valence-corrected chi connectivity index (χ1v) is 10.4. The standard InChI is InChI=1S/C24H22F2N4O5/c1-14-6-5-9-16(10-14)21-28-12-17(27)22(33)30(21)13-19(31)29-18(11-15-7-3-2-4-8-15)20(32)24(25,26)23(34)35/h2-10,12,18H,11,13,27H2,1H3,(H,29,31)(H,34,35)/t18-/m0/s1. The van der Waals surface area contributed by atoms with E-state index in [1.54, 1.807) is 36.4 Å². The van der Waals surface area contributed by atoms with Gasteiger partial charge in [0.1, 0.15) is 18.1 Å². The first-order valence-electron chi connectivity index (χ1n) is 10.4. The van der Waals surface area contributed by atoms with Crippen LogP contribution in [0.3, 0.4) is 0 Å². The number of nitrogens with two attached hydrogens (primary N) is 1. The van der Waals surface area contributed by atoms with Crippen LogP contribution in [0.15, 0.2) is 65.6 Å². The number of benzene rings is 2. The van der Waals surface area contributed by atoms with Crippen molar-refractivity contribution in [3.63, 3.8) is 0 Å². The number of aromatic nitrogens is 2. The molecule has 0 radical (unpaired) electrons. The zero-order chi connectivity index (χ0) is 25.8. The van der Waals surface area contributed by atoms with Crippen molar-refractivity contribution in [2.75, 3.05) is 5.73 Å². The largest absolute Gasteiger partial charge is 0.476 e. The smallest absolute Gasteiger partial charge is 0.401 e. The Hall–Kier alpha value is -4.41. The number of anilines is 1. The summed E-state index contributed by atoms with van der Waals surface area (Å²) in [5.74, 6) is -10.2. The number of carbonyl (C=O) groups excluding carboxylic acids is 2. The molecule has 3 aromatic rings. The highest BCUT2D eigenvalue weighted by Gasteiger charge is 2.50. The molecule has 0 saturated carbocycles. The maximum atomic E-state index is 14.0. The molecule has 0 unspecified atom stereocenters. The first kappa shape index (κ1) is 25.2. The Morgan fingerprint density at radius 1 is 1.14 bits per heavy atom. The van der Waals surface area contributed by atoms with Crippen LogP contribution in [-0.4, -0.2) is 44.3 Å². The molecule has 182 valence electrons. The molecule has 0 aliphatic heterocycles. The number of nitrogens with zero attached hydrogens (tertiary/aromatic N) is 2. The summed E-state index contributed by atoms with van der Waals surface area (Å²) in [5, 5.41) is 10.9. The number of nitrogens with one attached hydrogen (secondary N) is 1. The fourth-order valence-corrected chi connectivity index (χ4v) is 3.44. The summed E-state index contributed by atoms with van der Waals surface area (Å²) in [6, 6.07) is 13.0. The van der Waals surface area contributed by atoms with E-state index >= 15 is 0 Å². The Kier molecular flexibility index (Phi) is 7.38. The number of halogens is 2. The number of aliphatic carboxylic acids is 1. The molecule has 0 saturated heterocycles. The van der Waals surface area contributed by atoms with Gasteiger partial charge in [-0.25, -0.2) is 9.78 Å². The molecule has 1 amide bonds. The van der Waals surface area contributed by atoms with E-state index in [1.165, 1.54) is 12.1 Å². The molecule has 11 heteroatoms. The van der Waals surface area contributed by atoms with Crippen molar-refractivity contribution in [2.45, 2.75) is 31.9 Å². The van der Waals surface area contributed by atoms with E-state index in [0.29, 0.717) is 11.1 Å². The molecule has 35 heavy (non-hydrogen) atoms. The second kappa shape index (κ2) is 10.2. The van der Waals surface area contributed by atoms with E-state index in [2.05, 4.69) is 10.3 Å². The van der Waals surface area contributed by atoms with Gasteiger partial charge in [-0.1, -0.05) is 54.1 Å². The van der Waals surface area contributed by atoms with Crippen LogP contribution >= 0.6 is 0 Å². The molecular weight excluding hydrogens is 462 g/mol. The van der Waals surface area contributed by atoms with Gasteiger partial charge in [0.05, 0.1) is 12.2 Å². The third kappa shape index (κ3) is 5.75. The Bertz CT molecular complexity index is 1320. The van der Waals surface area contributed by atoms with Gasteiger partial charge in [-0.15, -0.1) is 0 Å². The molecular formula is C24H22F2N4O5. The van der Waals surface area contributed by atoms with Crippen molar-refractivity contribution < 1.29 is 28.3 Å². The SMILES string of the molecule is Cc1cccc(-c2ncc(N)c(=O)n2CC(=O)N[C@@H](Cc2ccccc2)C(=O)C(F)(F)C(=O)O)c1. The number of hydrogen-bond acceptors (Lipinski definition) is 6. The number of ketones is 1. The van der Waals surface area contributed by atoms with E-state index in [9.17, 15) is 28.0 Å². The minimum Gasteiger partial charge on any atom is -0.476 e. The minimum absolute atomic E-state index is 0.102. The number of nitrogen functional groups attached to an aromatic ring is 1. The zero-order valence-corrected chi connectivity index (χ0v) is 18.6. The van der Waals surface area contributed by atoms with E-state index in [4.69, 9.17) is 10.8 Å². The van der Waals surface area contributed by atoms with E-state index in [0.717, 1.165) is 16.3 Å². The molecule has 0 bridgehead atoms. The minimum atomic E-state index is -4.73. The summed E-state index contributed by atoms with van der Waals surface area (Å²) in [6.07, 6.45) is 0.757. The number of alkyl halides is 2. The second-order valence-electron chi connectivity index (χ2n) is 7.85. The number of aryl methyl sites for hydroxylation is 1. The quantitative estimate of drug-likeness (QED) is 0.393.